The van der Waals surface area contributed by atoms with Crippen molar-refractivity contribution in [3.8, 4) is 5.75 Å². The number of nitro groups is 1. The van der Waals surface area contributed by atoms with Crippen LogP contribution in [0.3, 0.4) is 0 Å². The van der Waals surface area contributed by atoms with E-state index in [1.807, 2.05) is 30.3 Å². The molecule has 8 heteroatoms. The third kappa shape index (κ3) is 4.05. The molecule has 1 saturated heterocycles. The van der Waals surface area contributed by atoms with Crippen LogP contribution in [0.5, 0.6) is 5.75 Å². The minimum atomic E-state index is -0.530. The molecule has 0 bridgehead atoms. The molecule has 1 aliphatic rings. The van der Waals surface area contributed by atoms with Crippen LogP contribution in [0.15, 0.2) is 48.5 Å². The lowest BCUT2D eigenvalue weighted by atomic mass is 10.1. The first-order valence-electron chi connectivity index (χ1n) is 8.44. The Morgan fingerprint density at radius 1 is 1.30 bits per heavy atom. The molecule has 2 amide bonds. The minimum Gasteiger partial charge on any atom is -0.494 e. The third-order valence-electron chi connectivity index (χ3n) is 4.47. The van der Waals surface area contributed by atoms with E-state index < -0.39 is 10.8 Å². The van der Waals surface area contributed by atoms with Gasteiger partial charge < -0.3 is 15.0 Å². The molecule has 0 unspecified atom stereocenters. The molecule has 27 heavy (non-hydrogen) atoms. The van der Waals surface area contributed by atoms with Gasteiger partial charge in [-0.15, -0.1) is 0 Å². The summed E-state index contributed by atoms with van der Waals surface area (Å²) in [6.07, 6.45) is 0.0841. The van der Waals surface area contributed by atoms with Crippen LogP contribution in [0.25, 0.3) is 0 Å². The summed E-state index contributed by atoms with van der Waals surface area (Å²) in [6.45, 7) is 0.596. The van der Waals surface area contributed by atoms with Crippen LogP contribution in [-0.4, -0.2) is 30.4 Å². The Hall–Kier alpha value is -3.42. The second-order valence-electron chi connectivity index (χ2n) is 6.22. The van der Waals surface area contributed by atoms with Crippen molar-refractivity contribution < 1.29 is 19.2 Å². The number of nitro benzene ring substituents is 1. The van der Waals surface area contributed by atoms with Gasteiger partial charge in [-0.05, 0) is 11.6 Å². The summed E-state index contributed by atoms with van der Waals surface area (Å²) in [7, 11) is 1.38. The van der Waals surface area contributed by atoms with Gasteiger partial charge in [-0.1, -0.05) is 30.3 Å². The van der Waals surface area contributed by atoms with Crippen LogP contribution in [0.4, 0.5) is 11.4 Å². The van der Waals surface area contributed by atoms with E-state index in [4.69, 9.17) is 4.74 Å². The lowest BCUT2D eigenvalue weighted by Gasteiger charge is -2.19. The predicted octanol–water partition coefficient (Wildman–Crippen LogP) is 2.27. The highest BCUT2D eigenvalue weighted by Gasteiger charge is 2.36. The zero-order valence-electron chi connectivity index (χ0n) is 14.8. The van der Waals surface area contributed by atoms with Crippen molar-refractivity contribution in [2.24, 2.45) is 5.92 Å². The van der Waals surface area contributed by atoms with Crippen LogP contribution in [-0.2, 0) is 16.1 Å². The summed E-state index contributed by atoms with van der Waals surface area (Å²) in [5.74, 6) is -0.679. The third-order valence-corrected chi connectivity index (χ3v) is 4.47. The highest BCUT2D eigenvalue weighted by atomic mass is 16.6. The van der Waals surface area contributed by atoms with Gasteiger partial charge in [0.15, 0.2) is 0 Å². The highest BCUT2D eigenvalue weighted by Crippen LogP contribution is 2.35. The number of anilines is 1. The van der Waals surface area contributed by atoms with E-state index >= 15 is 0 Å². The summed E-state index contributed by atoms with van der Waals surface area (Å²) in [4.78, 5) is 36.7. The Morgan fingerprint density at radius 2 is 2.04 bits per heavy atom. The molecule has 0 spiro atoms. The summed E-state index contributed by atoms with van der Waals surface area (Å²) in [5, 5.41) is 13.8. The zero-order chi connectivity index (χ0) is 19.4. The maximum absolute atomic E-state index is 12.4. The molecule has 2 aromatic rings. The van der Waals surface area contributed by atoms with Crippen molar-refractivity contribution in [2.75, 3.05) is 18.6 Å². The number of methoxy groups -OCH3 is 1. The van der Waals surface area contributed by atoms with Gasteiger partial charge in [-0.3, -0.25) is 19.7 Å². The van der Waals surface area contributed by atoms with E-state index in [1.165, 1.54) is 30.2 Å². The number of amides is 2. The van der Waals surface area contributed by atoms with Crippen molar-refractivity contribution in [2.45, 2.75) is 13.0 Å². The molecule has 1 heterocycles. The number of ether oxygens (including phenoxy) is 1. The Labute approximate surface area is 155 Å². The van der Waals surface area contributed by atoms with E-state index in [0.29, 0.717) is 12.2 Å². The fraction of sp³-hybridized carbons (Fsp3) is 0.263. The van der Waals surface area contributed by atoms with Gasteiger partial charge in [0.2, 0.25) is 11.8 Å². The summed E-state index contributed by atoms with van der Waals surface area (Å²) in [5.41, 5.74) is 1.27. The summed E-state index contributed by atoms with van der Waals surface area (Å²) >= 11 is 0. The number of hydrogen-bond donors (Lipinski definition) is 1. The molecule has 3 rings (SSSR count). The van der Waals surface area contributed by atoms with E-state index in [1.54, 1.807) is 0 Å². The van der Waals surface area contributed by atoms with E-state index in [9.17, 15) is 19.7 Å². The van der Waals surface area contributed by atoms with Gasteiger partial charge in [0.1, 0.15) is 5.75 Å². The first-order valence-corrected chi connectivity index (χ1v) is 8.44. The number of carbonyl (C=O) groups excluding carboxylic acids is 2. The van der Waals surface area contributed by atoms with Gasteiger partial charge in [0, 0.05) is 25.6 Å². The number of non-ortho nitro benzene ring substituents is 1. The number of hydrogen-bond acceptors (Lipinski definition) is 5. The van der Waals surface area contributed by atoms with Gasteiger partial charge in [-0.25, -0.2) is 0 Å². The first kappa shape index (κ1) is 18.4. The van der Waals surface area contributed by atoms with Gasteiger partial charge in [0.25, 0.3) is 5.69 Å². The largest absolute Gasteiger partial charge is 0.494 e. The number of nitrogens with zero attached hydrogens (tertiary/aromatic N) is 2. The Morgan fingerprint density at radius 3 is 2.70 bits per heavy atom. The van der Waals surface area contributed by atoms with Gasteiger partial charge in [0.05, 0.1) is 29.7 Å². The number of carbonyl (C=O) groups is 2. The molecule has 1 aliphatic heterocycles. The van der Waals surface area contributed by atoms with Crippen LogP contribution in [0.1, 0.15) is 12.0 Å². The fourth-order valence-corrected chi connectivity index (χ4v) is 3.05. The minimum absolute atomic E-state index is 0.0841. The van der Waals surface area contributed by atoms with Crippen molar-refractivity contribution >= 4 is 23.2 Å². The second-order valence-corrected chi connectivity index (χ2v) is 6.22. The molecule has 0 aromatic heterocycles. The zero-order valence-corrected chi connectivity index (χ0v) is 14.8. The molecule has 0 radical (unpaired) electrons. The van der Waals surface area contributed by atoms with Crippen molar-refractivity contribution in [3.05, 3.63) is 64.2 Å². The van der Waals surface area contributed by atoms with Gasteiger partial charge >= 0.3 is 0 Å². The predicted molar refractivity (Wildman–Crippen MR) is 98.4 cm³/mol. The highest BCUT2D eigenvalue weighted by molar-refractivity contribution is 6.01. The smallest absolute Gasteiger partial charge is 0.273 e. The van der Waals surface area contributed by atoms with Crippen LogP contribution < -0.4 is 15.0 Å². The number of benzene rings is 2. The Balaban J connectivity index is 1.70. The molecular formula is C19H19N3O5. The molecule has 8 nitrogen and oxygen atoms in total. The van der Waals surface area contributed by atoms with Crippen LogP contribution in [0.2, 0.25) is 0 Å². The normalized spacial score (nSPS) is 16.3. The van der Waals surface area contributed by atoms with E-state index in [-0.39, 0.29) is 36.2 Å². The first-order chi connectivity index (χ1) is 13.0. The molecule has 140 valence electrons. The maximum Gasteiger partial charge on any atom is 0.273 e. The summed E-state index contributed by atoms with van der Waals surface area (Å²) < 4.78 is 5.20. The molecule has 1 atom stereocenters. The topological polar surface area (TPSA) is 102 Å². The van der Waals surface area contributed by atoms with Crippen LogP contribution >= 0.6 is 0 Å². The fourth-order valence-electron chi connectivity index (χ4n) is 3.05. The number of nitrogens with one attached hydrogen (secondary N) is 1. The van der Waals surface area contributed by atoms with E-state index in [0.717, 1.165) is 5.56 Å². The molecule has 2 aromatic carbocycles. The quantitative estimate of drug-likeness (QED) is 0.622. The average Bonchev–Trinajstić information content (AvgIpc) is 3.07. The lowest BCUT2D eigenvalue weighted by Crippen LogP contribution is -2.32. The summed E-state index contributed by atoms with van der Waals surface area (Å²) in [6, 6.07) is 13.6. The maximum atomic E-state index is 12.4. The molecule has 1 N–H and O–H groups in total. The number of rotatable bonds is 6. The monoisotopic (exact) mass is 369 g/mol. The van der Waals surface area contributed by atoms with Crippen molar-refractivity contribution in [1.82, 2.24) is 5.32 Å². The SMILES string of the molecule is COc1cc([N+](=O)[O-])ccc1N1C[C@@H](C(=O)NCc2ccccc2)CC1=O. The molecule has 1 fully saturated rings. The molecule has 0 saturated carbocycles. The lowest BCUT2D eigenvalue weighted by molar-refractivity contribution is -0.384. The van der Waals surface area contributed by atoms with Crippen LogP contribution in [0, 0.1) is 16.0 Å². The Bertz CT molecular complexity index is 869. The average molecular weight is 369 g/mol. The second kappa shape index (κ2) is 7.86. The molecule has 0 aliphatic carbocycles. The standard InChI is InChI=1S/C19H19N3O5/c1-27-17-10-15(22(25)26)7-8-16(17)21-12-14(9-18(21)23)19(24)20-11-13-5-3-2-4-6-13/h2-8,10,14H,9,11-12H2,1H3,(H,20,24)/t14-/m0/s1. The van der Waals surface area contributed by atoms with Crippen molar-refractivity contribution in [3.63, 3.8) is 0 Å². The Kier molecular flexibility index (Phi) is 5.35. The van der Waals surface area contributed by atoms with Crippen molar-refractivity contribution in [1.29, 1.82) is 0 Å². The van der Waals surface area contributed by atoms with Gasteiger partial charge in [-0.2, -0.15) is 0 Å². The van der Waals surface area contributed by atoms with E-state index in [2.05, 4.69) is 5.32 Å². The molecular weight excluding hydrogens is 350 g/mol.